The van der Waals surface area contributed by atoms with Crippen LogP contribution in [0.5, 0.6) is 0 Å². The summed E-state index contributed by atoms with van der Waals surface area (Å²) in [4.78, 5) is 12.1. The minimum Gasteiger partial charge on any atom is -0.466 e. The molecule has 20 heavy (non-hydrogen) atoms. The molecule has 1 unspecified atom stereocenters. The summed E-state index contributed by atoms with van der Waals surface area (Å²) < 4.78 is 10.5. The summed E-state index contributed by atoms with van der Waals surface area (Å²) in [6.45, 7) is 4.13. The quantitative estimate of drug-likeness (QED) is 0.788. The van der Waals surface area contributed by atoms with Crippen molar-refractivity contribution in [2.75, 3.05) is 6.61 Å². The molecule has 4 heteroatoms. The van der Waals surface area contributed by atoms with Crippen LogP contribution in [0.15, 0.2) is 28.8 Å². The van der Waals surface area contributed by atoms with Crippen molar-refractivity contribution in [3.8, 4) is 11.3 Å². The third kappa shape index (κ3) is 2.11. The first kappa shape index (κ1) is 12.9. The zero-order valence-electron chi connectivity index (χ0n) is 11.7. The van der Waals surface area contributed by atoms with Gasteiger partial charge in [-0.2, -0.15) is 0 Å². The lowest BCUT2D eigenvalue weighted by Gasteiger charge is -2.13. The molecule has 1 aliphatic carbocycles. The number of carbonyl (C=O) groups excluding carboxylic acids is 1. The first-order valence-electron chi connectivity index (χ1n) is 6.90. The van der Waals surface area contributed by atoms with E-state index in [1.165, 1.54) is 0 Å². The first-order valence-corrected chi connectivity index (χ1v) is 6.90. The summed E-state index contributed by atoms with van der Waals surface area (Å²) in [5.74, 6) is 0.470. The van der Waals surface area contributed by atoms with Crippen molar-refractivity contribution in [1.82, 2.24) is 5.16 Å². The van der Waals surface area contributed by atoms with Gasteiger partial charge in [0.2, 0.25) is 0 Å². The Labute approximate surface area is 117 Å². The second-order valence-corrected chi connectivity index (χ2v) is 5.08. The lowest BCUT2D eigenvalue weighted by atomic mass is 9.95. The molecule has 3 rings (SSSR count). The van der Waals surface area contributed by atoms with E-state index < -0.39 is 0 Å². The van der Waals surface area contributed by atoms with Crippen LogP contribution < -0.4 is 0 Å². The predicted molar refractivity (Wildman–Crippen MR) is 74.2 cm³/mol. The molecular weight excluding hydrogens is 254 g/mol. The Morgan fingerprint density at radius 3 is 3.00 bits per heavy atom. The fraction of sp³-hybridized carbons (Fsp3) is 0.375. The predicted octanol–water partition coefficient (Wildman–Crippen LogP) is 2.93. The maximum absolute atomic E-state index is 12.1. The van der Waals surface area contributed by atoms with Gasteiger partial charge in [0.15, 0.2) is 0 Å². The monoisotopic (exact) mass is 271 g/mol. The largest absolute Gasteiger partial charge is 0.466 e. The van der Waals surface area contributed by atoms with Crippen LogP contribution in [0, 0.1) is 12.8 Å². The number of benzene rings is 1. The van der Waals surface area contributed by atoms with E-state index in [2.05, 4.69) is 5.16 Å². The molecule has 1 aromatic carbocycles. The van der Waals surface area contributed by atoms with Crippen LogP contribution in [0.2, 0.25) is 0 Å². The van der Waals surface area contributed by atoms with Crippen molar-refractivity contribution in [3.05, 3.63) is 41.2 Å². The standard InChI is InChI=1S/C16H17NO3/c1-3-19-16(18)12-8-11-6-4-5-7-13(11)15-14(9-12)10(2)20-17-15/h4-7,12H,3,8-9H2,1-2H3. The molecule has 2 aromatic rings. The van der Waals surface area contributed by atoms with E-state index in [1.54, 1.807) is 0 Å². The number of aryl methyl sites for hydroxylation is 1. The van der Waals surface area contributed by atoms with Crippen molar-refractivity contribution < 1.29 is 14.1 Å². The van der Waals surface area contributed by atoms with E-state index in [-0.39, 0.29) is 11.9 Å². The molecule has 0 amide bonds. The normalized spacial score (nSPS) is 17.0. The fourth-order valence-electron chi connectivity index (χ4n) is 2.78. The molecule has 0 N–H and O–H groups in total. The fourth-order valence-corrected chi connectivity index (χ4v) is 2.78. The molecule has 0 aliphatic heterocycles. The first-order chi connectivity index (χ1) is 9.70. The lowest BCUT2D eigenvalue weighted by molar-refractivity contribution is -0.147. The van der Waals surface area contributed by atoms with E-state index in [1.807, 2.05) is 38.1 Å². The summed E-state index contributed by atoms with van der Waals surface area (Å²) in [6, 6.07) is 8.04. The van der Waals surface area contributed by atoms with E-state index >= 15 is 0 Å². The molecule has 0 bridgehead atoms. The van der Waals surface area contributed by atoms with Gasteiger partial charge in [-0.1, -0.05) is 29.4 Å². The topological polar surface area (TPSA) is 52.3 Å². The summed E-state index contributed by atoms with van der Waals surface area (Å²) >= 11 is 0. The molecule has 104 valence electrons. The van der Waals surface area contributed by atoms with Crippen molar-refractivity contribution in [2.45, 2.75) is 26.7 Å². The molecule has 1 atom stereocenters. The van der Waals surface area contributed by atoms with Gasteiger partial charge in [0.05, 0.1) is 12.5 Å². The summed E-state index contributed by atoms with van der Waals surface area (Å²) in [7, 11) is 0. The van der Waals surface area contributed by atoms with Gasteiger partial charge in [0, 0.05) is 11.1 Å². The summed E-state index contributed by atoms with van der Waals surface area (Å²) in [6.07, 6.45) is 1.31. The SMILES string of the molecule is CCOC(=O)C1Cc2ccccc2-c2noc(C)c2C1. The Hall–Kier alpha value is -2.10. The van der Waals surface area contributed by atoms with Crippen LogP contribution in [0.25, 0.3) is 11.3 Å². The number of nitrogens with zero attached hydrogens (tertiary/aromatic N) is 1. The Morgan fingerprint density at radius 2 is 2.20 bits per heavy atom. The minimum atomic E-state index is -0.171. The van der Waals surface area contributed by atoms with Crippen molar-refractivity contribution >= 4 is 5.97 Å². The number of ether oxygens (including phenoxy) is 1. The van der Waals surface area contributed by atoms with Crippen LogP contribution in [0.4, 0.5) is 0 Å². The maximum atomic E-state index is 12.1. The highest BCUT2D eigenvalue weighted by Gasteiger charge is 2.30. The molecule has 1 aromatic heterocycles. The van der Waals surface area contributed by atoms with Gasteiger partial charge in [-0.15, -0.1) is 0 Å². The number of hydrogen-bond donors (Lipinski definition) is 0. The third-order valence-electron chi connectivity index (χ3n) is 3.79. The highest BCUT2D eigenvalue weighted by molar-refractivity contribution is 5.77. The Morgan fingerprint density at radius 1 is 1.40 bits per heavy atom. The lowest BCUT2D eigenvalue weighted by Crippen LogP contribution is -2.21. The second kappa shape index (κ2) is 5.12. The van der Waals surface area contributed by atoms with E-state index in [9.17, 15) is 4.79 Å². The van der Waals surface area contributed by atoms with E-state index in [0.29, 0.717) is 19.4 Å². The van der Waals surface area contributed by atoms with Gasteiger partial charge in [-0.05, 0) is 32.3 Å². The Bertz CT molecular complexity index is 645. The van der Waals surface area contributed by atoms with Crippen LogP contribution in [0.3, 0.4) is 0 Å². The molecular formula is C16H17NO3. The van der Waals surface area contributed by atoms with Gasteiger partial charge in [0.25, 0.3) is 0 Å². The maximum Gasteiger partial charge on any atom is 0.309 e. The molecule has 0 saturated heterocycles. The molecule has 0 radical (unpaired) electrons. The smallest absolute Gasteiger partial charge is 0.309 e. The van der Waals surface area contributed by atoms with Gasteiger partial charge in [0.1, 0.15) is 11.5 Å². The molecule has 1 heterocycles. The van der Waals surface area contributed by atoms with Gasteiger partial charge >= 0.3 is 5.97 Å². The van der Waals surface area contributed by atoms with Gasteiger partial charge < -0.3 is 9.26 Å². The number of fused-ring (bicyclic) bond motifs is 3. The zero-order chi connectivity index (χ0) is 14.1. The molecule has 0 saturated carbocycles. The van der Waals surface area contributed by atoms with Crippen molar-refractivity contribution in [3.63, 3.8) is 0 Å². The van der Waals surface area contributed by atoms with Crippen LogP contribution in [-0.4, -0.2) is 17.7 Å². The highest BCUT2D eigenvalue weighted by atomic mass is 16.5. The van der Waals surface area contributed by atoms with Gasteiger partial charge in [-0.25, -0.2) is 0 Å². The zero-order valence-corrected chi connectivity index (χ0v) is 11.7. The second-order valence-electron chi connectivity index (χ2n) is 5.08. The minimum absolute atomic E-state index is 0.143. The highest BCUT2D eigenvalue weighted by Crippen LogP contribution is 2.35. The van der Waals surface area contributed by atoms with Crippen molar-refractivity contribution in [1.29, 1.82) is 0 Å². The number of hydrogen-bond acceptors (Lipinski definition) is 4. The van der Waals surface area contributed by atoms with Gasteiger partial charge in [-0.3, -0.25) is 4.79 Å². The average molecular weight is 271 g/mol. The number of carbonyl (C=O) groups is 1. The van der Waals surface area contributed by atoms with E-state index in [4.69, 9.17) is 9.26 Å². The molecule has 0 fully saturated rings. The molecule has 4 nitrogen and oxygen atoms in total. The Balaban J connectivity index is 2.08. The van der Waals surface area contributed by atoms with Crippen molar-refractivity contribution in [2.24, 2.45) is 5.92 Å². The van der Waals surface area contributed by atoms with E-state index in [0.717, 1.165) is 28.1 Å². The summed E-state index contributed by atoms with van der Waals surface area (Å²) in [5.41, 5.74) is 4.07. The average Bonchev–Trinajstić information content (AvgIpc) is 2.71. The Kier molecular flexibility index (Phi) is 3.30. The molecule has 1 aliphatic rings. The number of rotatable bonds is 2. The van der Waals surface area contributed by atoms with Crippen LogP contribution >= 0.6 is 0 Å². The summed E-state index contributed by atoms with van der Waals surface area (Å²) in [5, 5.41) is 4.17. The number of aromatic nitrogens is 1. The number of esters is 1. The van der Waals surface area contributed by atoms with Crippen LogP contribution in [0.1, 0.15) is 23.8 Å². The van der Waals surface area contributed by atoms with Crippen LogP contribution in [-0.2, 0) is 22.4 Å². The third-order valence-corrected chi connectivity index (χ3v) is 3.79. The molecule has 0 spiro atoms.